The van der Waals surface area contributed by atoms with E-state index in [0.29, 0.717) is 0 Å². The van der Waals surface area contributed by atoms with Crippen molar-refractivity contribution in [3.63, 3.8) is 0 Å². The lowest BCUT2D eigenvalue weighted by Gasteiger charge is -2.01. The summed E-state index contributed by atoms with van der Waals surface area (Å²) in [6.07, 6.45) is -0.224. The van der Waals surface area contributed by atoms with E-state index in [9.17, 15) is 14.4 Å². The maximum atomic E-state index is 9.99. The number of carboxylic acid groups (broad SMARTS) is 3. The molecular formula is C8H16N2O6. The largest absolute Gasteiger partial charge is 0.481 e. The number of rotatable bonds is 5. The molecule has 0 fully saturated rings. The zero-order valence-corrected chi connectivity index (χ0v) is 8.79. The van der Waals surface area contributed by atoms with Gasteiger partial charge in [-0.05, 0) is 13.3 Å². The van der Waals surface area contributed by atoms with Crippen molar-refractivity contribution in [1.29, 1.82) is 0 Å². The zero-order chi connectivity index (χ0) is 13.3. The van der Waals surface area contributed by atoms with Gasteiger partial charge in [-0.2, -0.15) is 0 Å². The second kappa shape index (κ2) is 8.62. The third-order valence-corrected chi connectivity index (χ3v) is 1.38. The fourth-order valence-electron chi connectivity index (χ4n) is 0.402. The highest BCUT2D eigenvalue weighted by atomic mass is 16.4. The van der Waals surface area contributed by atoms with Crippen molar-refractivity contribution in [2.24, 2.45) is 11.5 Å². The topological polar surface area (TPSA) is 164 Å². The van der Waals surface area contributed by atoms with E-state index in [1.165, 1.54) is 6.92 Å². The van der Waals surface area contributed by atoms with Gasteiger partial charge in [-0.15, -0.1) is 0 Å². The molecule has 0 aromatic rings. The molecule has 0 unspecified atom stereocenters. The molecule has 0 amide bonds. The van der Waals surface area contributed by atoms with Gasteiger partial charge in [0.25, 0.3) is 0 Å². The molecule has 8 nitrogen and oxygen atoms in total. The van der Waals surface area contributed by atoms with Crippen LogP contribution in [0, 0.1) is 0 Å². The molecule has 0 aliphatic heterocycles. The third kappa shape index (κ3) is 12.3. The van der Waals surface area contributed by atoms with Crippen LogP contribution in [0.3, 0.4) is 0 Å². The summed E-state index contributed by atoms with van der Waals surface area (Å²) in [7, 11) is 0. The van der Waals surface area contributed by atoms with Crippen LogP contribution in [0.15, 0.2) is 0 Å². The van der Waals surface area contributed by atoms with Crippen LogP contribution in [0.2, 0.25) is 0 Å². The Morgan fingerprint density at radius 1 is 1.06 bits per heavy atom. The monoisotopic (exact) mass is 236 g/mol. The first-order valence-electron chi connectivity index (χ1n) is 4.37. The van der Waals surface area contributed by atoms with E-state index in [-0.39, 0.29) is 12.8 Å². The summed E-state index contributed by atoms with van der Waals surface area (Å²) in [6.45, 7) is 1.42. The molecular weight excluding hydrogens is 220 g/mol. The second-order valence-corrected chi connectivity index (χ2v) is 3.00. The highest BCUT2D eigenvalue weighted by Gasteiger charge is 2.12. The average molecular weight is 236 g/mol. The quantitative estimate of drug-likeness (QED) is 0.392. The van der Waals surface area contributed by atoms with Gasteiger partial charge in [-0.3, -0.25) is 14.4 Å². The van der Waals surface area contributed by atoms with Crippen molar-refractivity contribution in [3.05, 3.63) is 0 Å². The fraction of sp³-hybridized carbons (Fsp3) is 0.625. The highest BCUT2D eigenvalue weighted by Crippen LogP contribution is 1.93. The van der Waals surface area contributed by atoms with Gasteiger partial charge in [0.05, 0.1) is 0 Å². The number of carbonyl (C=O) groups is 3. The van der Waals surface area contributed by atoms with Gasteiger partial charge >= 0.3 is 17.9 Å². The number of aliphatic carboxylic acids is 3. The van der Waals surface area contributed by atoms with Crippen molar-refractivity contribution in [3.8, 4) is 0 Å². The number of nitrogens with two attached hydrogens (primary N) is 2. The number of carboxylic acids is 3. The van der Waals surface area contributed by atoms with E-state index in [4.69, 9.17) is 26.8 Å². The van der Waals surface area contributed by atoms with E-state index in [2.05, 4.69) is 0 Å². The third-order valence-electron chi connectivity index (χ3n) is 1.38. The van der Waals surface area contributed by atoms with Crippen molar-refractivity contribution < 1.29 is 29.7 Å². The van der Waals surface area contributed by atoms with Crippen LogP contribution in [-0.4, -0.2) is 45.3 Å². The molecule has 0 rings (SSSR count). The Morgan fingerprint density at radius 2 is 1.44 bits per heavy atom. The summed E-state index contributed by atoms with van der Waals surface area (Å²) in [5.74, 6) is -3.16. The SMILES string of the molecule is C[C@H](N)C(=O)O.N[C@@H](CCC(=O)O)C(=O)O. The van der Waals surface area contributed by atoms with Crippen LogP contribution in [0.1, 0.15) is 19.8 Å². The van der Waals surface area contributed by atoms with Crippen LogP contribution in [-0.2, 0) is 14.4 Å². The summed E-state index contributed by atoms with van der Waals surface area (Å²) < 4.78 is 0. The van der Waals surface area contributed by atoms with Gasteiger partial charge in [0.1, 0.15) is 12.1 Å². The summed E-state index contributed by atoms with van der Waals surface area (Å²) in [4.78, 5) is 29.4. The maximum absolute atomic E-state index is 9.99. The molecule has 2 atom stereocenters. The van der Waals surface area contributed by atoms with Crippen molar-refractivity contribution in [1.82, 2.24) is 0 Å². The van der Waals surface area contributed by atoms with E-state index in [0.717, 1.165) is 0 Å². The molecule has 7 N–H and O–H groups in total. The van der Waals surface area contributed by atoms with E-state index < -0.39 is 30.0 Å². The molecule has 0 heterocycles. The van der Waals surface area contributed by atoms with Gasteiger partial charge in [0.15, 0.2) is 0 Å². The van der Waals surface area contributed by atoms with Crippen LogP contribution < -0.4 is 11.5 Å². The van der Waals surface area contributed by atoms with E-state index in [1.54, 1.807) is 0 Å². The Hall–Kier alpha value is -1.67. The Balaban J connectivity index is 0. The minimum Gasteiger partial charge on any atom is -0.481 e. The second-order valence-electron chi connectivity index (χ2n) is 3.00. The first-order chi connectivity index (χ1) is 7.18. The lowest BCUT2D eigenvalue weighted by molar-refractivity contribution is -0.140. The highest BCUT2D eigenvalue weighted by molar-refractivity contribution is 5.74. The van der Waals surface area contributed by atoms with Crippen LogP contribution in [0.4, 0.5) is 0 Å². The lowest BCUT2D eigenvalue weighted by atomic mass is 10.2. The summed E-state index contributed by atoms with van der Waals surface area (Å²) >= 11 is 0. The van der Waals surface area contributed by atoms with Crippen molar-refractivity contribution in [2.45, 2.75) is 31.8 Å². The van der Waals surface area contributed by atoms with Crippen molar-refractivity contribution >= 4 is 17.9 Å². The van der Waals surface area contributed by atoms with E-state index in [1.807, 2.05) is 0 Å². The Morgan fingerprint density at radius 3 is 1.62 bits per heavy atom. The Kier molecular flexibility index (Phi) is 9.03. The van der Waals surface area contributed by atoms with E-state index >= 15 is 0 Å². The number of hydrogen-bond acceptors (Lipinski definition) is 5. The van der Waals surface area contributed by atoms with Gasteiger partial charge in [0, 0.05) is 6.42 Å². The van der Waals surface area contributed by atoms with Crippen molar-refractivity contribution in [2.75, 3.05) is 0 Å². The molecule has 94 valence electrons. The number of hydrogen-bond donors (Lipinski definition) is 5. The molecule has 0 aromatic carbocycles. The molecule has 0 aliphatic rings. The summed E-state index contributed by atoms with van der Waals surface area (Å²) in [5, 5.41) is 24.1. The average Bonchev–Trinajstić information content (AvgIpc) is 2.14. The molecule has 0 radical (unpaired) electrons. The first kappa shape index (κ1) is 16.7. The zero-order valence-electron chi connectivity index (χ0n) is 8.79. The van der Waals surface area contributed by atoms with Crippen LogP contribution >= 0.6 is 0 Å². The summed E-state index contributed by atoms with van der Waals surface area (Å²) in [5.41, 5.74) is 9.84. The fourth-order valence-corrected chi connectivity index (χ4v) is 0.402. The summed E-state index contributed by atoms with van der Waals surface area (Å²) in [6, 6.07) is -1.79. The smallest absolute Gasteiger partial charge is 0.320 e. The lowest BCUT2D eigenvalue weighted by Crippen LogP contribution is -2.30. The normalized spacial score (nSPS) is 12.9. The standard InChI is InChI=1S/C5H9NO4.C3H7NO2/c6-3(5(9)10)1-2-4(7)8;1-2(4)3(5)6/h3H,1-2,6H2,(H,7,8)(H,9,10);2H,4H2,1H3,(H,5,6)/t3-;2-/m00/s1. The maximum Gasteiger partial charge on any atom is 0.320 e. The predicted octanol–water partition coefficient (Wildman–Crippen LogP) is -1.32. The molecule has 0 aliphatic carbocycles. The minimum atomic E-state index is -1.17. The molecule has 0 bridgehead atoms. The molecule has 0 aromatic heterocycles. The van der Waals surface area contributed by atoms with Crippen LogP contribution in [0.5, 0.6) is 0 Å². The molecule has 0 spiro atoms. The minimum absolute atomic E-state index is 0.0231. The molecule has 16 heavy (non-hydrogen) atoms. The first-order valence-corrected chi connectivity index (χ1v) is 4.37. The Bertz CT molecular complexity index is 253. The molecule has 0 saturated heterocycles. The molecule has 0 saturated carbocycles. The Labute approximate surface area is 91.8 Å². The van der Waals surface area contributed by atoms with Crippen LogP contribution in [0.25, 0.3) is 0 Å². The van der Waals surface area contributed by atoms with Gasteiger partial charge in [-0.25, -0.2) is 0 Å². The van der Waals surface area contributed by atoms with Gasteiger partial charge in [0.2, 0.25) is 0 Å². The molecule has 8 heteroatoms. The van der Waals surface area contributed by atoms with Gasteiger partial charge < -0.3 is 26.8 Å². The predicted molar refractivity (Wildman–Crippen MR) is 53.8 cm³/mol. The van der Waals surface area contributed by atoms with Gasteiger partial charge in [-0.1, -0.05) is 0 Å².